The molecule has 0 aliphatic heterocycles. The highest BCUT2D eigenvalue weighted by atomic mass is 15.2. The summed E-state index contributed by atoms with van der Waals surface area (Å²) in [7, 11) is 0. The topological polar surface area (TPSA) is 67.6 Å². The van der Waals surface area contributed by atoms with Crippen molar-refractivity contribution in [2.24, 2.45) is 22.5 Å². The second kappa shape index (κ2) is 3.85. The van der Waals surface area contributed by atoms with Crippen molar-refractivity contribution >= 4 is 0 Å². The first-order valence-corrected chi connectivity index (χ1v) is 8.06. The number of hydrogen-bond donors (Lipinski definition) is 2. The minimum atomic E-state index is 0.242. The van der Waals surface area contributed by atoms with Crippen LogP contribution in [-0.4, -0.2) is 21.7 Å². The zero-order valence-electron chi connectivity index (χ0n) is 12.7. The first kappa shape index (κ1) is 12.8. The van der Waals surface area contributed by atoms with E-state index in [1.807, 2.05) is 0 Å². The molecule has 4 fully saturated rings. The Kier molecular flexibility index (Phi) is 2.46. The molecule has 110 valence electrons. The smallest absolute Gasteiger partial charge is 0.156 e. The highest BCUT2D eigenvalue weighted by Crippen LogP contribution is 2.69. The summed E-state index contributed by atoms with van der Waals surface area (Å²) in [6, 6.07) is 0. The zero-order valence-corrected chi connectivity index (χ0v) is 12.7. The van der Waals surface area contributed by atoms with Gasteiger partial charge in [0.05, 0.1) is 0 Å². The van der Waals surface area contributed by atoms with Gasteiger partial charge in [-0.1, -0.05) is 13.8 Å². The Morgan fingerprint density at radius 1 is 1.15 bits per heavy atom. The molecule has 0 radical (unpaired) electrons. The van der Waals surface area contributed by atoms with Gasteiger partial charge in [0.2, 0.25) is 0 Å². The molecule has 4 nitrogen and oxygen atoms in total. The monoisotopic (exact) mass is 274 g/mol. The van der Waals surface area contributed by atoms with Gasteiger partial charge in [-0.05, 0) is 61.8 Å². The summed E-state index contributed by atoms with van der Waals surface area (Å²) < 4.78 is 0. The lowest BCUT2D eigenvalue weighted by Gasteiger charge is -2.64. The summed E-state index contributed by atoms with van der Waals surface area (Å²) in [5.74, 6) is 2.94. The number of hydrogen-bond acceptors (Lipinski definition) is 3. The van der Waals surface area contributed by atoms with Gasteiger partial charge in [0, 0.05) is 11.8 Å². The van der Waals surface area contributed by atoms with Crippen molar-refractivity contribution in [3.8, 4) is 0 Å². The van der Waals surface area contributed by atoms with Crippen molar-refractivity contribution in [2.75, 3.05) is 6.54 Å². The summed E-state index contributed by atoms with van der Waals surface area (Å²) in [6.45, 7) is 5.63. The van der Waals surface area contributed by atoms with Crippen LogP contribution in [0.5, 0.6) is 0 Å². The summed E-state index contributed by atoms with van der Waals surface area (Å²) in [5.41, 5.74) is 6.91. The maximum Gasteiger partial charge on any atom is 0.156 e. The zero-order chi connectivity index (χ0) is 14.0. The van der Waals surface area contributed by atoms with E-state index in [-0.39, 0.29) is 5.41 Å². The van der Waals surface area contributed by atoms with Gasteiger partial charge in [-0.2, -0.15) is 5.10 Å². The first-order chi connectivity index (χ1) is 9.44. The Morgan fingerprint density at radius 3 is 2.45 bits per heavy atom. The fourth-order valence-electron chi connectivity index (χ4n) is 6.48. The lowest BCUT2D eigenvalue weighted by atomic mass is 9.40. The Bertz CT molecular complexity index is 516. The van der Waals surface area contributed by atoms with E-state index in [2.05, 4.69) is 24.0 Å². The predicted octanol–water partition coefficient (Wildman–Crippen LogP) is 2.55. The number of rotatable bonds is 3. The molecule has 2 unspecified atom stereocenters. The van der Waals surface area contributed by atoms with E-state index in [1.54, 1.807) is 0 Å². The third kappa shape index (κ3) is 1.77. The van der Waals surface area contributed by atoms with Crippen LogP contribution in [0, 0.1) is 16.7 Å². The largest absolute Gasteiger partial charge is 0.330 e. The lowest BCUT2D eigenvalue weighted by molar-refractivity contribution is -0.112. The van der Waals surface area contributed by atoms with Crippen molar-refractivity contribution in [1.29, 1.82) is 0 Å². The van der Waals surface area contributed by atoms with Gasteiger partial charge in [-0.25, -0.2) is 4.98 Å². The normalized spacial score (nSPS) is 46.0. The van der Waals surface area contributed by atoms with E-state index in [1.165, 1.54) is 38.5 Å². The molecule has 1 heterocycles. The third-order valence-electron chi connectivity index (χ3n) is 6.01. The number of nitrogens with two attached hydrogens (primary N) is 1. The highest BCUT2D eigenvalue weighted by Gasteiger charge is 2.61. The average Bonchev–Trinajstić information content (AvgIpc) is 2.73. The van der Waals surface area contributed by atoms with Crippen LogP contribution >= 0.6 is 0 Å². The summed E-state index contributed by atoms with van der Waals surface area (Å²) in [5, 5.41) is 7.71. The number of aromatic nitrogens is 3. The standard InChI is InChI=1S/C16H26N4/c1-14-5-11-6-15(2,8-14)10-16(7-11,9-14)13-18-12(3-4-17)19-20-13/h11H,3-10,17H2,1-2H3,(H,18,19,20). The molecule has 0 aromatic carbocycles. The van der Waals surface area contributed by atoms with Crippen molar-refractivity contribution in [3.05, 3.63) is 11.6 Å². The Balaban J connectivity index is 1.72. The van der Waals surface area contributed by atoms with E-state index in [9.17, 15) is 0 Å². The second-order valence-electron chi connectivity index (χ2n) is 8.55. The predicted molar refractivity (Wildman–Crippen MR) is 78.2 cm³/mol. The van der Waals surface area contributed by atoms with Crippen molar-refractivity contribution in [2.45, 2.75) is 64.2 Å². The number of nitrogens with zero attached hydrogens (tertiary/aromatic N) is 2. The highest BCUT2D eigenvalue weighted by molar-refractivity contribution is 5.21. The fraction of sp³-hybridized carbons (Fsp3) is 0.875. The maximum atomic E-state index is 5.63. The summed E-state index contributed by atoms with van der Waals surface area (Å²) >= 11 is 0. The van der Waals surface area contributed by atoms with Crippen molar-refractivity contribution in [3.63, 3.8) is 0 Å². The molecule has 20 heavy (non-hydrogen) atoms. The first-order valence-electron chi connectivity index (χ1n) is 8.06. The minimum Gasteiger partial charge on any atom is -0.330 e. The molecule has 5 rings (SSSR count). The van der Waals surface area contributed by atoms with Crippen LogP contribution in [-0.2, 0) is 11.8 Å². The Hall–Kier alpha value is -0.900. The number of aromatic amines is 1. The Labute approximate surface area is 120 Å². The minimum absolute atomic E-state index is 0.242. The van der Waals surface area contributed by atoms with Crippen LogP contribution in [0.3, 0.4) is 0 Å². The van der Waals surface area contributed by atoms with Crippen LogP contribution in [0.25, 0.3) is 0 Å². The molecular weight excluding hydrogens is 248 g/mol. The van der Waals surface area contributed by atoms with Crippen LogP contribution in [0.1, 0.15) is 64.0 Å². The molecule has 4 heteroatoms. The maximum absolute atomic E-state index is 5.63. The van der Waals surface area contributed by atoms with Crippen LogP contribution < -0.4 is 5.73 Å². The molecular formula is C16H26N4. The van der Waals surface area contributed by atoms with Crippen LogP contribution in [0.15, 0.2) is 0 Å². The number of nitrogens with one attached hydrogen (secondary N) is 1. The molecule has 2 atom stereocenters. The molecule has 1 aromatic heterocycles. The third-order valence-corrected chi connectivity index (χ3v) is 6.01. The molecule has 4 bridgehead atoms. The van der Waals surface area contributed by atoms with Gasteiger partial charge < -0.3 is 5.73 Å². The number of H-pyrrole nitrogens is 1. The molecule has 0 saturated heterocycles. The van der Waals surface area contributed by atoms with Crippen molar-refractivity contribution < 1.29 is 0 Å². The quantitative estimate of drug-likeness (QED) is 0.890. The lowest BCUT2D eigenvalue weighted by Crippen LogP contribution is -2.57. The molecule has 3 N–H and O–H groups in total. The SMILES string of the molecule is CC12CC3CC(C)(C1)CC(c1n[nH]c(CCN)n1)(C3)C2. The fourth-order valence-corrected chi connectivity index (χ4v) is 6.48. The van der Waals surface area contributed by atoms with Crippen LogP contribution in [0.4, 0.5) is 0 Å². The van der Waals surface area contributed by atoms with E-state index >= 15 is 0 Å². The van der Waals surface area contributed by atoms with Gasteiger partial charge in [-0.3, -0.25) is 5.10 Å². The van der Waals surface area contributed by atoms with Crippen molar-refractivity contribution in [1.82, 2.24) is 15.2 Å². The van der Waals surface area contributed by atoms with E-state index in [4.69, 9.17) is 10.7 Å². The summed E-state index contributed by atoms with van der Waals surface area (Å²) in [4.78, 5) is 4.81. The molecule has 0 amide bonds. The second-order valence-corrected chi connectivity index (χ2v) is 8.55. The van der Waals surface area contributed by atoms with E-state index in [0.29, 0.717) is 17.4 Å². The van der Waals surface area contributed by atoms with Crippen LogP contribution in [0.2, 0.25) is 0 Å². The summed E-state index contributed by atoms with van der Waals surface area (Å²) in [6.07, 6.45) is 8.92. The molecule has 4 saturated carbocycles. The molecule has 4 aliphatic rings. The van der Waals surface area contributed by atoms with Gasteiger partial charge in [-0.15, -0.1) is 0 Å². The van der Waals surface area contributed by atoms with E-state index < -0.39 is 0 Å². The molecule has 4 aliphatic carbocycles. The average molecular weight is 274 g/mol. The van der Waals surface area contributed by atoms with Gasteiger partial charge in [0.1, 0.15) is 5.82 Å². The van der Waals surface area contributed by atoms with Gasteiger partial charge >= 0.3 is 0 Å². The molecule has 1 aromatic rings. The van der Waals surface area contributed by atoms with Gasteiger partial charge in [0.25, 0.3) is 0 Å². The molecule has 0 spiro atoms. The van der Waals surface area contributed by atoms with E-state index in [0.717, 1.165) is 24.0 Å². The Morgan fingerprint density at radius 2 is 1.85 bits per heavy atom. The van der Waals surface area contributed by atoms with Gasteiger partial charge in [0.15, 0.2) is 5.82 Å².